The van der Waals surface area contributed by atoms with Crippen molar-refractivity contribution >= 4 is 16.3 Å². The van der Waals surface area contributed by atoms with Gasteiger partial charge in [-0.2, -0.15) is 9.61 Å². The molecule has 3 rings (SSSR count). The monoisotopic (exact) mass is 266 g/mol. The van der Waals surface area contributed by atoms with Crippen molar-refractivity contribution in [2.45, 2.75) is 26.3 Å². The molecule has 1 aliphatic rings. The van der Waals surface area contributed by atoms with Gasteiger partial charge >= 0.3 is 0 Å². The third-order valence-electron chi connectivity index (χ3n) is 3.14. The lowest BCUT2D eigenvalue weighted by Gasteiger charge is -2.25. The van der Waals surface area contributed by atoms with E-state index in [4.69, 9.17) is 0 Å². The summed E-state index contributed by atoms with van der Waals surface area (Å²) in [5, 5.41) is 17.5. The quantitative estimate of drug-likeness (QED) is 0.887. The van der Waals surface area contributed by atoms with Crippen LogP contribution in [-0.4, -0.2) is 50.9 Å². The Hall–Kier alpha value is -1.05. The van der Waals surface area contributed by atoms with Gasteiger partial charge in [0.05, 0.1) is 6.54 Å². The Kier molecular flexibility index (Phi) is 3.27. The summed E-state index contributed by atoms with van der Waals surface area (Å²) < 4.78 is 1.90. The Morgan fingerprint density at radius 3 is 2.78 bits per heavy atom. The summed E-state index contributed by atoms with van der Waals surface area (Å²) in [6, 6.07) is 0. The molecule has 0 unspecified atom stereocenters. The maximum Gasteiger partial charge on any atom is 0.234 e. The lowest BCUT2D eigenvalue weighted by molar-refractivity contribution is 0.226. The Morgan fingerprint density at radius 2 is 2.06 bits per heavy atom. The molecule has 0 aliphatic carbocycles. The fourth-order valence-electron chi connectivity index (χ4n) is 2.07. The first-order chi connectivity index (χ1) is 8.74. The first kappa shape index (κ1) is 12.0. The van der Waals surface area contributed by atoms with Gasteiger partial charge < -0.3 is 5.32 Å². The topological polar surface area (TPSA) is 58.4 Å². The predicted molar refractivity (Wildman–Crippen MR) is 70.9 cm³/mol. The zero-order valence-corrected chi connectivity index (χ0v) is 11.6. The highest BCUT2D eigenvalue weighted by Gasteiger charge is 2.17. The SMILES string of the molecule is CC(C)c1nn2c(CN3CCNCC3)nnc2s1. The van der Waals surface area contributed by atoms with Gasteiger partial charge in [-0.1, -0.05) is 25.2 Å². The minimum atomic E-state index is 0.448. The van der Waals surface area contributed by atoms with Crippen molar-refractivity contribution in [3.05, 3.63) is 10.8 Å². The van der Waals surface area contributed by atoms with Gasteiger partial charge in [0.15, 0.2) is 5.82 Å². The van der Waals surface area contributed by atoms with E-state index in [0.717, 1.165) is 48.5 Å². The summed E-state index contributed by atoms with van der Waals surface area (Å²) in [6.07, 6.45) is 0. The van der Waals surface area contributed by atoms with E-state index in [9.17, 15) is 0 Å². The van der Waals surface area contributed by atoms with E-state index in [1.807, 2.05) is 4.52 Å². The molecule has 0 amide bonds. The van der Waals surface area contributed by atoms with Crippen LogP contribution in [0.3, 0.4) is 0 Å². The van der Waals surface area contributed by atoms with Gasteiger partial charge in [-0.25, -0.2) is 0 Å². The Labute approximate surface area is 110 Å². The zero-order valence-electron chi connectivity index (χ0n) is 10.8. The highest BCUT2D eigenvalue weighted by atomic mass is 32.1. The number of nitrogens with zero attached hydrogens (tertiary/aromatic N) is 5. The van der Waals surface area contributed by atoms with Crippen LogP contribution in [0.25, 0.3) is 4.96 Å². The van der Waals surface area contributed by atoms with Crippen molar-refractivity contribution in [1.82, 2.24) is 30.0 Å². The van der Waals surface area contributed by atoms with E-state index in [-0.39, 0.29) is 0 Å². The molecule has 2 aromatic rings. The van der Waals surface area contributed by atoms with Gasteiger partial charge in [-0.3, -0.25) is 4.90 Å². The summed E-state index contributed by atoms with van der Waals surface area (Å²) in [4.78, 5) is 3.30. The molecule has 0 saturated carbocycles. The first-order valence-corrected chi connectivity index (χ1v) is 7.20. The van der Waals surface area contributed by atoms with E-state index >= 15 is 0 Å². The maximum atomic E-state index is 4.61. The molecule has 7 heteroatoms. The molecule has 0 aromatic carbocycles. The number of hydrogen-bond acceptors (Lipinski definition) is 6. The van der Waals surface area contributed by atoms with E-state index in [2.05, 4.69) is 39.4 Å². The fraction of sp³-hybridized carbons (Fsp3) is 0.727. The molecule has 0 atom stereocenters. The van der Waals surface area contributed by atoms with Crippen LogP contribution >= 0.6 is 11.3 Å². The average molecular weight is 266 g/mol. The lowest BCUT2D eigenvalue weighted by atomic mass is 10.2. The average Bonchev–Trinajstić information content (AvgIpc) is 2.93. The van der Waals surface area contributed by atoms with Crippen LogP contribution in [0.5, 0.6) is 0 Å². The van der Waals surface area contributed by atoms with Crippen molar-refractivity contribution in [3.63, 3.8) is 0 Å². The number of nitrogens with one attached hydrogen (secondary N) is 1. The van der Waals surface area contributed by atoms with Crippen LogP contribution in [0, 0.1) is 0 Å². The number of aromatic nitrogens is 4. The van der Waals surface area contributed by atoms with Crippen molar-refractivity contribution < 1.29 is 0 Å². The van der Waals surface area contributed by atoms with E-state index in [1.54, 1.807) is 11.3 Å². The molecule has 6 nitrogen and oxygen atoms in total. The lowest BCUT2D eigenvalue weighted by Crippen LogP contribution is -2.43. The van der Waals surface area contributed by atoms with Gasteiger partial charge in [0.2, 0.25) is 4.96 Å². The number of piperazine rings is 1. The second-order valence-corrected chi connectivity index (χ2v) is 5.92. The van der Waals surface area contributed by atoms with Gasteiger partial charge in [-0.05, 0) is 0 Å². The van der Waals surface area contributed by atoms with Gasteiger partial charge in [0, 0.05) is 32.1 Å². The van der Waals surface area contributed by atoms with Gasteiger partial charge in [0.1, 0.15) is 5.01 Å². The Balaban J connectivity index is 1.82. The van der Waals surface area contributed by atoms with Crippen LogP contribution < -0.4 is 5.32 Å². The van der Waals surface area contributed by atoms with E-state index in [0.29, 0.717) is 5.92 Å². The predicted octanol–water partition coefficient (Wildman–Crippen LogP) is 0.714. The maximum absolute atomic E-state index is 4.61. The molecule has 0 bridgehead atoms. The molecule has 1 saturated heterocycles. The van der Waals surface area contributed by atoms with Gasteiger partial charge in [0.25, 0.3) is 0 Å². The molecule has 2 aromatic heterocycles. The minimum absolute atomic E-state index is 0.448. The van der Waals surface area contributed by atoms with Crippen LogP contribution in [0.1, 0.15) is 30.6 Å². The first-order valence-electron chi connectivity index (χ1n) is 6.38. The molecular weight excluding hydrogens is 248 g/mol. The van der Waals surface area contributed by atoms with E-state index < -0.39 is 0 Å². The molecule has 3 heterocycles. The molecule has 0 radical (unpaired) electrons. The summed E-state index contributed by atoms with van der Waals surface area (Å²) in [5.41, 5.74) is 0. The normalized spacial score (nSPS) is 17.9. The van der Waals surface area contributed by atoms with Crippen molar-refractivity contribution in [2.75, 3.05) is 26.2 Å². The number of rotatable bonds is 3. The summed E-state index contributed by atoms with van der Waals surface area (Å²) in [5.74, 6) is 1.40. The molecule has 1 aliphatic heterocycles. The molecule has 98 valence electrons. The number of fused-ring (bicyclic) bond motifs is 1. The highest BCUT2D eigenvalue weighted by molar-refractivity contribution is 7.16. The third kappa shape index (κ3) is 2.25. The van der Waals surface area contributed by atoms with Crippen LogP contribution in [-0.2, 0) is 6.54 Å². The Bertz CT molecular complexity index is 525. The van der Waals surface area contributed by atoms with Crippen molar-refractivity contribution in [1.29, 1.82) is 0 Å². The zero-order chi connectivity index (χ0) is 12.5. The molecule has 0 spiro atoms. The smallest absolute Gasteiger partial charge is 0.234 e. The fourth-order valence-corrected chi connectivity index (χ4v) is 2.93. The summed E-state index contributed by atoms with van der Waals surface area (Å²) >= 11 is 1.64. The Morgan fingerprint density at radius 1 is 1.28 bits per heavy atom. The van der Waals surface area contributed by atoms with Crippen LogP contribution in [0.4, 0.5) is 0 Å². The summed E-state index contributed by atoms with van der Waals surface area (Å²) in [6.45, 7) is 9.38. The van der Waals surface area contributed by atoms with Crippen molar-refractivity contribution in [2.24, 2.45) is 0 Å². The number of hydrogen-bond donors (Lipinski definition) is 1. The molecule has 1 N–H and O–H groups in total. The largest absolute Gasteiger partial charge is 0.314 e. The second kappa shape index (κ2) is 4.91. The van der Waals surface area contributed by atoms with Crippen LogP contribution in [0.15, 0.2) is 0 Å². The third-order valence-corrected chi connectivity index (χ3v) is 4.34. The minimum Gasteiger partial charge on any atom is -0.314 e. The molecular formula is C11H18N6S. The molecule has 18 heavy (non-hydrogen) atoms. The molecule has 1 fully saturated rings. The van der Waals surface area contributed by atoms with E-state index in [1.165, 1.54) is 0 Å². The van der Waals surface area contributed by atoms with Crippen molar-refractivity contribution in [3.8, 4) is 0 Å². The van der Waals surface area contributed by atoms with Gasteiger partial charge in [-0.15, -0.1) is 10.2 Å². The van der Waals surface area contributed by atoms with Crippen LogP contribution in [0.2, 0.25) is 0 Å². The second-order valence-electron chi connectivity index (χ2n) is 4.93. The summed E-state index contributed by atoms with van der Waals surface area (Å²) in [7, 11) is 0. The standard InChI is InChI=1S/C11H18N6S/c1-8(2)10-15-17-9(13-14-11(17)18-10)7-16-5-3-12-4-6-16/h8,12H,3-7H2,1-2H3. The highest BCUT2D eigenvalue weighted by Crippen LogP contribution is 2.21.